The van der Waals surface area contributed by atoms with E-state index in [1.54, 1.807) is 7.11 Å². The predicted molar refractivity (Wildman–Crippen MR) is 57.1 cm³/mol. The summed E-state index contributed by atoms with van der Waals surface area (Å²) in [4.78, 5) is 4.16. The molecule has 1 unspecified atom stereocenters. The van der Waals surface area contributed by atoms with E-state index in [2.05, 4.69) is 10.1 Å². The number of aliphatic hydroxyl groups excluding tert-OH is 1. The lowest BCUT2D eigenvalue weighted by atomic mass is 9.93. The van der Waals surface area contributed by atoms with Crippen LogP contribution in [-0.2, 0) is 15.1 Å². The predicted octanol–water partition coefficient (Wildman–Crippen LogP) is -0.286. The fourth-order valence-corrected chi connectivity index (χ4v) is 1.88. The maximum Gasteiger partial charge on any atom is 0.256 e. The van der Waals surface area contributed by atoms with E-state index in [-0.39, 0.29) is 12.4 Å². The first-order valence-electron chi connectivity index (χ1n) is 5.57. The molecule has 0 saturated carbocycles. The molecule has 3 N–H and O–H groups in total. The van der Waals surface area contributed by atoms with E-state index in [9.17, 15) is 5.11 Å². The molecule has 1 fully saturated rings. The van der Waals surface area contributed by atoms with Gasteiger partial charge in [0.05, 0.1) is 0 Å². The Morgan fingerprint density at radius 1 is 1.53 bits per heavy atom. The number of hydrogen-bond acceptors (Lipinski definition) is 7. The highest BCUT2D eigenvalue weighted by Gasteiger charge is 2.39. The van der Waals surface area contributed by atoms with Gasteiger partial charge in [-0.05, 0) is 0 Å². The average molecular weight is 243 g/mol. The van der Waals surface area contributed by atoms with E-state index >= 15 is 0 Å². The van der Waals surface area contributed by atoms with Crippen LogP contribution in [0.15, 0.2) is 4.52 Å². The Kier molecular flexibility index (Phi) is 3.72. The first kappa shape index (κ1) is 12.4. The maximum absolute atomic E-state index is 9.51. The number of rotatable bonds is 4. The maximum atomic E-state index is 9.51. The van der Waals surface area contributed by atoms with Crippen molar-refractivity contribution in [1.82, 2.24) is 10.1 Å². The van der Waals surface area contributed by atoms with E-state index in [1.807, 2.05) is 0 Å². The molecule has 0 bridgehead atoms. The van der Waals surface area contributed by atoms with E-state index in [1.165, 1.54) is 0 Å². The highest BCUT2D eigenvalue weighted by Crippen LogP contribution is 2.33. The van der Waals surface area contributed by atoms with Crippen molar-refractivity contribution in [3.8, 4) is 0 Å². The van der Waals surface area contributed by atoms with Gasteiger partial charge in [-0.25, -0.2) is 0 Å². The minimum atomic E-state index is -0.926. The zero-order valence-electron chi connectivity index (χ0n) is 9.76. The lowest BCUT2D eigenvalue weighted by molar-refractivity contribution is -0.101. The van der Waals surface area contributed by atoms with Crippen LogP contribution in [0.5, 0.6) is 0 Å². The third-order valence-corrected chi connectivity index (χ3v) is 3.05. The van der Waals surface area contributed by atoms with Gasteiger partial charge in [-0.1, -0.05) is 5.16 Å². The fourth-order valence-electron chi connectivity index (χ4n) is 1.88. The van der Waals surface area contributed by atoms with Crippen molar-refractivity contribution in [2.75, 3.05) is 26.9 Å². The number of aliphatic hydroxyl groups is 1. The van der Waals surface area contributed by atoms with Gasteiger partial charge in [-0.3, -0.25) is 0 Å². The van der Waals surface area contributed by atoms with Gasteiger partial charge < -0.3 is 24.8 Å². The Bertz CT molecular complexity index is 362. The Morgan fingerprint density at radius 2 is 2.24 bits per heavy atom. The molecule has 7 heteroatoms. The first-order valence-corrected chi connectivity index (χ1v) is 5.57. The second-order valence-corrected chi connectivity index (χ2v) is 4.02. The molecule has 2 heterocycles. The molecule has 0 aromatic carbocycles. The monoisotopic (exact) mass is 243 g/mol. The van der Waals surface area contributed by atoms with Crippen molar-refractivity contribution in [2.24, 2.45) is 5.73 Å². The Balaban J connectivity index is 2.22. The third kappa shape index (κ3) is 2.32. The zero-order valence-corrected chi connectivity index (χ0v) is 9.76. The van der Waals surface area contributed by atoms with Gasteiger partial charge in [0, 0.05) is 39.7 Å². The molecule has 1 aromatic rings. The van der Waals surface area contributed by atoms with Crippen LogP contribution in [0.1, 0.15) is 30.7 Å². The lowest BCUT2D eigenvalue weighted by Crippen LogP contribution is -2.36. The molecule has 1 aromatic heterocycles. The molecule has 0 aliphatic carbocycles. The van der Waals surface area contributed by atoms with Gasteiger partial charge in [0.1, 0.15) is 11.7 Å². The summed E-state index contributed by atoms with van der Waals surface area (Å²) in [5.41, 5.74) is 4.75. The number of methoxy groups -OCH3 is 1. The molecule has 17 heavy (non-hydrogen) atoms. The van der Waals surface area contributed by atoms with E-state index < -0.39 is 11.7 Å². The normalized spacial score (nSPS) is 21.4. The molecule has 1 saturated heterocycles. The van der Waals surface area contributed by atoms with Crippen LogP contribution in [0.4, 0.5) is 0 Å². The van der Waals surface area contributed by atoms with Crippen molar-refractivity contribution in [1.29, 1.82) is 0 Å². The fraction of sp³-hybridized carbons (Fsp3) is 0.800. The number of nitrogens with two attached hydrogens (primary N) is 1. The van der Waals surface area contributed by atoms with Gasteiger partial charge in [-0.2, -0.15) is 4.98 Å². The molecule has 0 amide bonds. The SMILES string of the molecule is COC1(c2noc(C(O)CN)n2)CCOCC1. The average Bonchev–Trinajstić information content (AvgIpc) is 2.88. The molecule has 0 spiro atoms. The summed E-state index contributed by atoms with van der Waals surface area (Å²) in [7, 11) is 1.61. The molecular weight excluding hydrogens is 226 g/mol. The smallest absolute Gasteiger partial charge is 0.256 e. The van der Waals surface area contributed by atoms with Crippen molar-refractivity contribution >= 4 is 0 Å². The Hall–Kier alpha value is -1.02. The number of nitrogens with zero attached hydrogens (tertiary/aromatic N) is 2. The van der Waals surface area contributed by atoms with Crippen LogP contribution in [0, 0.1) is 0 Å². The quantitative estimate of drug-likeness (QED) is 0.749. The summed E-state index contributed by atoms with van der Waals surface area (Å²) in [6, 6.07) is 0. The van der Waals surface area contributed by atoms with Gasteiger partial charge in [0.2, 0.25) is 5.82 Å². The Morgan fingerprint density at radius 3 is 2.82 bits per heavy atom. The minimum Gasteiger partial charge on any atom is -0.382 e. The second-order valence-electron chi connectivity index (χ2n) is 4.02. The van der Waals surface area contributed by atoms with Crippen LogP contribution in [0.2, 0.25) is 0 Å². The molecule has 1 aliphatic rings. The highest BCUT2D eigenvalue weighted by molar-refractivity contribution is 5.04. The number of hydrogen-bond donors (Lipinski definition) is 2. The van der Waals surface area contributed by atoms with E-state index in [0.717, 1.165) is 0 Å². The highest BCUT2D eigenvalue weighted by atomic mass is 16.5. The van der Waals surface area contributed by atoms with Crippen LogP contribution >= 0.6 is 0 Å². The Labute approximate surface area is 98.9 Å². The van der Waals surface area contributed by atoms with E-state index in [4.69, 9.17) is 19.7 Å². The van der Waals surface area contributed by atoms with Gasteiger partial charge in [-0.15, -0.1) is 0 Å². The molecule has 7 nitrogen and oxygen atoms in total. The summed E-state index contributed by atoms with van der Waals surface area (Å²) in [6.07, 6.45) is 0.410. The first-order chi connectivity index (χ1) is 8.22. The van der Waals surface area contributed by atoms with Crippen molar-refractivity contribution in [3.05, 3.63) is 11.7 Å². The summed E-state index contributed by atoms with van der Waals surface area (Å²) >= 11 is 0. The molecule has 0 radical (unpaired) electrons. The van der Waals surface area contributed by atoms with Crippen molar-refractivity contribution in [3.63, 3.8) is 0 Å². The molecule has 96 valence electrons. The van der Waals surface area contributed by atoms with Crippen LogP contribution in [-0.4, -0.2) is 42.1 Å². The van der Waals surface area contributed by atoms with Crippen LogP contribution < -0.4 is 5.73 Å². The van der Waals surface area contributed by atoms with Crippen molar-refractivity contribution < 1.29 is 19.1 Å². The van der Waals surface area contributed by atoms with Gasteiger partial charge in [0.15, 0.2) is 0 Å². The van der Waals surface area contributed by atoms with E-state index in [0.29, 0.717) is 31.9 Å². The minimum absolute atomic E-state index is 0.0464. The lowest BCUT2D eigenvalue weighted by Gasteiger charge is -2.32. The van der Waals surface area contributed by atoms with Crippen molar-refractivity contribution in [2.45, 2.75) is 24.5 Å². The van der Waals surface area contributed by atoms with Crippen LogP contribution in [0.25, 0.3) is 0 Å². The molecular formula is C10H17N3O4. The molecule has 2 rings (SSSR count). The zero-order chi connectivity index (χ0) is 12.3. The number of ether oxygens (including phenoxy) is 2. The summed E-state index contributed by atoms with van der Waals surface area (Å²) < 4.78 is 15.8. The number of aromatic nitrogens is 2. The second kappa shape index (κ2) is 5.09. The largest absolute Gasteiger partial charge is 0.382 e. The van der Waals surface area contributed by atoms with Gasteiger partial charge in [0.25, 0.3) is 5.89 Å². The third-order valence-electron chi connectivity index (χ3n) is 3.05. The standard InChI is InChI=1S/C10H17N3O4/c1-15-10(2-4-16-5-3-10)9-12-8(17-13-9)7(14)6-11/h7,14H,2-6,11H2,1H3. The van der Waals surface area contributed by atoms with Gasteiger partial charge >= 0.3 is 0 Å². The summed E-state index contributed by atoms with van der Waals surface area (Å²) in [5, 5.41) is 13.4. The molecule has 1 atom stereocenters. The topological polar surface area (TPSA) is 104 Å². The summed E-state index contributed by atoms with van der Waals surface area (Å²) in [6.45, 7) is 1.24. The summed E-state index contributed by atoms with van der Waals surface area (Å²) in [5.74, 6) is 0.580. The molecule has 1 aliphatic heterocycles. The van der Waals surface area contributed by atoms with Crippen LogP contribution in [0.3, 0.4) is 0 Å².